The zero-order valence-corrected chi connectivity index (χ0v) is 15.1. The first-order chi connectivity index (χ1) is 11.1. The molecule has 0 heterocycles. The number of rotatable bonds is 6. The standard InChI is InChI=1S/C18H19BrO4/c1-20-14-7-12(8-15(10-14)21-2)5-6-13-9-16(22-3)11-17(23-4)18(13)19/h5-11H,1-4H3. The Kier molecular flexibility index (Phi) is 5.93. The van der Waals surface area contributed by atoms with Crippen molar-refractivity contribution >= 4 is 28.1 Å². The number of benzene rings is 2. The minimum Gasteiger partial charge on any atom is -0.497 e. The number of ether oxygens (including phenoxy) is 4. The SMILES string of the molecule is COc1cc(C=Cc2cc(OC)cc(OC)c2Br)cc(OC)c1. The molecule has 122 valence electrons. The van der Waals surface area contributed by atoms with Gasteiger partial charge in [-0.25, -0.2) is 0 Å². The van der Waals surface area contributed by atoms with Crippen molar-refractivity contribution in [2.75, 3.05) is 28.4 Å². The highest BCUT2D eigenvalue weighted by atomic mass is 79.9. The summed E-state index contributed by atoms with van der Waals surface area (Å²) >= 11 is 3.55. The fraction of sp³-hybridized carbons (Fsp3) is 0.222. The number of hydrogen-bond donors (Lipinski definition) is 0. The lowest BCUT2D eigenvalue weighted by molar-refractivity contribution is 0.392. The molecule has 0 unspecified atom stereocenters. The van der Waals surface area contributed by atoms with E-state index in [1.807, 2.05) is 42.5 Å². The van der Waals surface area contributed by atoms with E-state index in [-0.39, 0.29) is 0 Å². The third-order valence-corrected chi connectivity index (χ3v) is 4.17. The summed E-state index contributed by atoms with van der Waals surface area (Å²) in [5.41, 5.74) is 1.91. The minimum absolute atomic E-state index is 0.715. The zero-order chi connectivity index (χ0) is 16.8. The highest BCUT2D eigenvalue weighted by Crippen LogP contribution is 2.34. The maximum Gasteiger partial charge on any atom is 0.137 e. The maximum absolute atomic E-state index is 5.35. The van der Waals surface area contributed by atoms with Gasteiger partial charge in [-0.2, -0.15) is 0 Å². The summed E-state index contributed by atoms with van der Waals surface area (Å²) in [6.45, 7) is 0. The first-order valence-corrected chi connectivity index (χ1v) is 7.73. The summed E-state index contributed by atoms with van der Waals surface area (Å²) in [7, 11) is 6.51. The molecular weight excluding hydrogens is 360 g/mol. The molecule has 4 nitrogen and oxygen atoms in total. The Morgan fingerprint density at radius 2 is 1.26 bits per heavy atom. The largest absolute Gasteiger partial charge is 0.497 e. The highest BCUT2D eigenvalue weighted by Gasteiger charge is 2.08. The lowest BCUT2D eigenvalue weighted by Crippen LogP contribution is -1.91. The molecule has 0 saturated heterocycles. The maximum atomic E-state index is 5.35. The van der Waals surface area contributed by atoms with Crippen LogP contribution < -0.4 is 18.9 Å². The van der Waals surface area contributed by atoms with E-state index in [4.69, 9.17) is 18.9 Å². The van der Waals surface area contributed by atoms with Gasteiger partial charge < -0.3 is 18.9 Å². The van der Waals surface area contributed by atoms with Crippen LogP contribution in [0.2, 0.25) is 0 Å². The average molecular weight is 379 g/mol. The van der Waals surface area contributed by atoms with E-state index in [0.29, 0.717) is 5.75 Å². The van der Waals surface area contributed by atoms with Crippen molar-refractivity contribution in [2.24, 2.45) is 0 Å². The van der Waals surface area contributed by atoms with Gasteiger partial charge in [-0.05, 0) is 45.3 Å². The second-order valence-electron chi connectivity index (χ2n) is 4.71. The van der Waals surface area contributed by atoms with E-state index >= 15 is 0 Å². The van der Waals surface area contributed by atoms with Crippen LogP contribution in [0.3, 0.4) is 0 Å². The molecule has 0 spiro atoms. The van der Waals surface area contributed by atoms with Gasteiger partial charge in [0.05, 0.1) is 32.9 Å². The molecule has 0 aliphatic heterocycles. The van der Waals surface area contributed by atoms with Gasteiger partial charge in [0.1, 0.15) is 23.0 Å². The third-order valence-electron chi connectivity index (χ3n) is 3.33. The van der Waals surface area contributed by atoms with E-state index in [1.165, 1.54) is 0 Å². The third kappa shape index (κ3) is 4.20. The van der Waals surface area contributed by atoms with Crippen LogP contribution in [0.5, 0.6) is 23.0 Å². The van der Waals surface area contributed by atoms with Crippen molar-refractivity contribution in [2.45, 2.75) is 0 Å². The molecule has 0 aromatic heterocycles. The molecule has 5 heteroatoms. The minimum atomic E-state index is 0.715. The van der Waals surface area contributed by atoms with Crippen molar-refractivity contribution in [3.63, 3.8) is 0 Å². The molecule has 2 aromatic carbocycles. The fourth-order valence-electron chi connectivity index (χ4n) is 2.09. The lowest BCUT2D eigenvalue weighted by Gasteiger charge is -2.10. The topological polar surface area (TPSA) is 36.9 Å². The summed E-state index contributed by atoms with van der Waals surface area (Å²) in [6, 6.07) is 9.47. The summed E-state index contributed by atoms with van der Waals surface area (Å²) in [5, 5.41) is 0. The summed E-state index contributed by atoms with van der Waals surface area (Å²) in [4.78, 5) is 0. The molecule has 0 atom stereocenters. The van der Waals surface area contributed by atoms with Crippen molar-refractivity contribution in [1.82, 2.24) is 0 Å². The van der Waals surface area contributed by atoms with Gasteiger partial charge >= 0.3 is 0 Å². The molecule has 2 aromatic rings. The second-order valence-corrected chi connectivity index (χ2v) is 5.51. The predicted octanol–water partition coefficient (Wildman–Crippen LogP) is 4.65. The Labute approximate surface area is 144 Å². The van der Waals surface area contributed by atoms with Crippen LogP contribution in [-0.4, -0.2) is 28.4 Å². The van der Waals surface area contributed by atoms with Crippen LogP contribution in [0.25, 0.3) is 12.2 Å². The van der Waals surface area contributed by atoms with Crippen molar-refractivity contribution in [3.8, 4) is 23.0 Å². The first-order valence-electron chi connectivity index (χ1n) is 6.94. The van der Waals surface area contributed by atoms with Gasteiger partial charge in [0.25, 0.3) is 0 Å². The predicted molar refractivity (Wildman–Crippen MR) is 95.7 cm³/mol. The molecule has 0 fully saturated rings. The second kappa shape index (κ2) is 7.92. The van der Waals surface area contributed by atoms with Crippen LogP contribution in [0.4, 0.5) is 0 Å². The molecule has 0 saturated carbocycles. The first kappa shape index (κ1) is 17.2. The zero-order valence-electron chi connectivity index (χ0n) is 13.6. The van der Waals surface area contributed by atoms with Crippen LogP contribution in [0.15, 0.2) is 34.8 Å². The van der Waals surface area contributed by atoms with E-state index in [1.54, 1.807) is 28.4 Å². The molecule has 0 amide bonds. The van der Waals surface area contributed by atoms with E-state index in [2.05, 4.69) is 15.9 Å². The van der Waals surface area contributed by atoms with Crippen LogP contribution in [-0.2, 0) is 0 Å². The van der Waals surface area contributed by atoms with Crippen LogP contribution in [0.1, 0.15) is 11.1 Å². The Bertz CT molecular complexity index is 688. The number of methoxy groups -OCH3 is 4. The summed E-state index contributed by atoms with van der Waals surface area (Å²) in [5.74, 6) is 2.93. The van der Waals surface area contributed by atoms with Crippen molar-refractivity contribution < 1.29 is 18.9 Å². The number of hydrogen-bond acceptors (Lipinski definition) is 4. The van der Waals surface area contributed by atoms with Crippen LogP contribution in [0, 0.1) is 0 Å². The van der Waals surface area contributed by atoms with Crippen LogP contribution >= 0.6 is 15.9 Å². The molecular formula is C18H19BrO4. The summed E-state index contributed by atoms with van der Waals surface area (Å²) in [6.07, 6.45) is 3.95. The Morgan fingerprint density at radius 3 is 1.78 bits per heavy atom. The quantitative estimate of drug-likeness (QED) is 0.685. The normalized spacial score (nSPS) is 10.7. The molecule has 0 N–H and O–H groups in total. The van der Waals surface area contributed by atoms with Crippen molar-refractivity contribution in [3.05, 3.63) is 45.9 Å². The van der Waals surface area contributed by atoms with Gasteiger partial charge in [0, 0.05) is 12.1 Å². The van der Waals surface area contributed by atoms with Gasteiger partial charge in [-0.1, -0.05) is 12.2 Å². The van der Waals surface area contributed by atoms with Gasteiger partial charge in [-0.15, -0.1) is 0 Å². The number of halogens is 1. The molecule has 0 bridgehead atoms. The Balaban J connectivity index is 2.40. The van der Waals surface area contributed by atoms with Gasteiger partial charge in [0.2, 0.25) is 0 Å². The summed E-state index contributed by atoms with van der Waals surface area (Å²) < 4.78 is 22.1. The van der Waals surface area contributed by atoms with E-state index in [0.717, 1.165) is 32.8 Å². The van der Waals surface area contributed by atoms with E-state index < -0.39 is 0 Å². The lowest BCUT2D eigenvalue weighted by atomic mass is 10.1. The Morgan fingerprint density at radius 1 is 0.696 bits per heavy atom. The highest BCUT2D eigenvalue weighted by molar-refractivity contribution is 9.10. The molecule has 0 aliphatic carbocycles. The smallest absolute Gasteiger partial charge is 0.137 e. The molecule has 23 heavy (non-hydrogen) atoms. The van der Waals surface area contributed by atoms with Gasteiger partial charge in [-0.3, -0.25) is 0 Å². The molecule has 2 rings (SSSR count). The van der Waals surface area contributed by atoms with Crippen molar-refractivity contribution in [1.29, 1.82) is 0 Å². The fourth-order valence-corrected chi connectivity index (χ4v) is 2.62. The Hall–Kier alpha value is -2.14. The molecule has 0 radical (unpaired) electrons. The van der Waals surface area contributed by atoms with Gasteiger partial charge in [0.15, 0.2) is 0 Å². The monoisotopic (exact) mass is 378 g/mol. The molecule has 0 aliphatic rings. The average Bonchev–Trinajstić information content (AvgIpc) is 2.60. The van der Waals surface area contributed by atoms with E-state index in [9.17, 15) is 0 Å².